The van der Waals surface area contributed by atoms with Gasteiger partial charge in [0.2, 0.25) is 0 Å². The van der Waals surface area contributed by atoms with E-state index in [0.717, 1.165) is 35.9 Å². The van der Waals surface area contributed by atoms with E-state index in [2.05, 4.69) is 0 Å². The van der Waals surface area contributed by atoms with Gasteiger partial charge in [-0.25, -0.2) is 5.84 Å². The summed E-state index contributed by atoms with van der Waals surface area (Å²) in [6.07, 6.45) is 1.02. The zero-order valence-electron chi connectivity index (χ0n) is 10.1. The smallest absolute Gasteiger partial charge is 0.300 e. The van der Waals surface area contributed by atoms with Crippen LogP contribution in [0.2, 0.25) is 0 Å². The molecule has 6 heteroatoms. The lowest BCUT2D eigenvalue weighted by molar-refractivity contribution is 0.0924. The summed E-state index contributed by atoms with van der Waals surface area (Å²) in [5.74, 6) is 7.52. The van der Waals surface area contributed by atoms with E-state index in [1.54, 1.807) is 24.9 Å². The third kappa shape index (κ3) is 4.41. The van der Waals surface area contributed by atoms with Crippen LogP contribution in [0, 0.1) is 6.92 Å². The fourth-order valence-corrected chi connectivity index (χ4v) is 2.31. The highest BCUT2D eigenvalue weighted by Crippen LogP contribution is 2.20. The van der Waals surface area contributed by atoms with Gasteiger partial charge in [-0.1, -0.05) is 0 Å². The van der Waals surface area contributed by atoms with E-state index in [1.807, 2.05) is 12.3 Å². The minimum Gasteiger partial charge on any atom is -0.456 e. The maximum absolute atomic E-state index is 11.2. The number of aryl methyl sites for hydroxylation is 1. The van der Waals surface area contributed by atoms with Crippen molar-refractivity contribution in [3.63, 3.8) is 0 Å². The maximum atomic E-state index is 11.2. The van der Waals surface area contributed by atoms with Gasteiger partial charge in [0.25, 0.3) is 0 Å². The summed E-state index contributed by atoms with van der Waals surface area (Å²) in [5.41, 5.74) is 3.08. The van der Waals surface area contributed by atoms with Gasteiger partial charge in [0, 0.05) is 25.0 Å². The number of furan rings is 1. The number of hydrazine groups is 1. The quantitative estimate of drug-likeness (QED) is 0.335. The van der Waals surface area contributed by atoms with E-state index >= 15 is 0 Å². The molecule has 0 bridgehead atoms. The van der Waals surface area contributed by atoms with Crippen molar-refractivity contribution in [2.45, 2.75) is 19.1 Å². The van der Waals surface area contributed by atoms with E-state index in [-0.39, 0.29) is 5.76 Å². The van der Waals surface area contributed by atoms with Crippen LogP contribution in [0.5, 0.6) is 0 Å². The van der Waals surface area contributed by atoms with Gasteiger partial charge in [0.1, 0.15) is 5.76 Å². The Labute approximate surface area is 105 Å². The van der Waals surface area contributed by atoms with E-state index in [0.29, 0.717) is 0 Å². The predicted octanol–water partition coefficient (Wildman–Crippen LogP) is 1.46. The van der Waals surface area contributed by atoms with Crippen molar-refractivity contribution >= 4 is 17.7 Å². The van der Waals surface area contributed by atoms with Crippen LogP contribution in [0.15, 0.2) is 10.5 Å². The van der Waals surface area contributed by atoms with Crippen molar-refractivity contribution in [2.24, 2.45) is 5.84 Å². The van der Waals surface area contributed by atoms with Gasteiger partial charge in [-0.3, -0.25) is 10.2 Å². The standard InChI is InChI=1S/C11H18N2O3S/c1-8-9(7-17-5-3-4-15-2)6-10(16-8)11(14)13-12/h6H,3-5,7,12H2,1-2H3,(H,13,14). The second-order valence-corrected chi connectivity index (χ2v) is 4.67. The maximum Gasteiger partial charge on any atom is 0.300 e. The number of hydrogen-bond acceptors (Lipinski definition) is 5. The van der Waals surface area contributed by atoms with Gasteiger partial charge in [0.15, 0.2) is 5.76 Å². The van der Waals surface area contributed by atoms with Crippen LogP contribution >= 0.6 is 11.8 Å². The first kappa shape index (κ1) is 14.1. The van der Waals surface area contributed by atoms with Crippen LogP contribution < -0.4 is 11.3 Å². The predicted molar refractivity (Wildman–Crippen MR) is 67.8 cm³/mol. The summed E-state index contributed by atoms with van der Waals surface area (Å²) in [7, 11) is 1.70. The third-order valence-corrected chi connectivity index (χ3v) is 3.36. The SMILES string of the molecule is COCCCSCc1cc(C(=O)NN)oc1C. The number of thioether (sulfide) groups is 1. The van der Waals surface area contributed by atoms with Gasteiger partial charge in [0.05, 0.1) is 0 Å². The number of nitrogens with one attached hydrogen (secondary N) is 1. The molecule has 0 unspecified atom stereocenters. The number of ether oxygens (including phenoxy) is 1. The van der Waals surface area contributed by atoms with Crippen molar-refractivity contribution in [1.82, 2.24) is 5.43 Å². The lowest BCUT2D eigenvalue weighted by atomic mass is 10.3. The highest BCUT2D eigenvalue weighted by molar-refractivity contribution is 7.98. The molecule has 0 aliphatic heterocycles. The van der Waals surface area contributed by atoms with Crippen LogP contribution in [0.3, 0.4) is 0 Å². The van der Waals surface area contributed by atoms with Crippen LogP contribution in [-0.2, 0) is 10.5 Å². The first-order valence-electron chi connectivity index (χ1n) is 5.36. The molecule has 0 atom stereocenters. The topological polar surface area (TPSA) is 77.5 Å². The van der Waals surface area contributed by atoms with Crippen LogP contribution in [0.25, 0.3) is 0 Å². The van der Waals surface area contributed by atoms with E-state index in [9.17, 15) is 4.79 Å². The van der Waals surface area contributed by atoms with E-state index in [1.165, 1.54) is 0 Å². The number of nitrogens with two attached hydrogens (primary N) is 1. The van der Waals surface area contributed by atoms with Gasteiger partial charge < -0.3 is 9.15 Å². The molecular formula is C11H18N2O3S. The summed E-state index contributed by atoms with van der Waals surface area (Å²) in [6, 6.07) is 1.74. The summed E-state index contributed by atoms with van der Waals surface area (Å²) >= 11 is 1.79. The Kier molecular flexibility index (Phi) is 6.10. The minimum atomic E-state index is -0.399. The van der Waals surface area contributed by atoms with Crippen LogP contribution in [0.1, 0.15) is 28.3 Å². The summed E-state index contributed by atoms with van der Waals surface area (Å²) in [6.45, 7) is 2.62. The van der Waals surface area contributed by atoms with Crippen molar-refractivity contribution < 1.29 is 13.9 Å². The molecule has 1 heterocycles. The van der Waals surface area contributed by atoms with E-state index in [4.69, 9.17) is 15.0 Å². The molecule has 5 nitrogen and oxygen atoms in total. The highest BCUT2D eigenvalue weighted by atomic mass is 32.2. The Morgan fingerprint density at radius 3 is 3.06 bits per heavy atom. The lowest BCUT2D eigenvalue weighted by Crippen LogP contribution is -2.29. The molecule has 1 aromatic rings. The number of nitrogen functional groups attached to an aromatic ring is 1. The molecular weight excluding hydrogens is 240 g/mol. The first-order valence-corrected chi connectivity index (χ1v) is 6.51. The Morgan fingerprint density at radius 1 is 1.65 bits per heavy atom. The van der Waals surface area contributed by atoms with Gasteiger partial charge >= 0.3 is 5.91 Å². The van der Waals surface area contributed by atoms with Crippen molar-refractivity contribution in [3.05, 3.63) is 23.2 Å². The van der Waals surface area contributed by atoms with E-state index < -0.39 is 5.91 Å². The number of hydrogen-bond donors (Lipinski definition) is 2. The molecule has 0 aliphatic carbocycles. The molecule has 1 amide bonds. The second kappa shape index (κ2) is 7.37. The molecule has 0 saturated carbocycles. The highest BCUT2D eigenvalue weighted by Gasteiger charge is 2.12. The summed E-state index contributed by atoms with van der Waals surface area (Å²) in [5, 5.41) is 0. The van der Waals surface area contributed by atoms with Crippen molar-refractivity contribution in [1.29, 1.82) is 0 Å². The number of carbonyl (C=O) groups is 1. The third-order valence-electron chi connectivity index (χ3n) is 2.27. The Bertz CT molecular complexity index is 366. The molecule has 1 rings (SSSR count). The number of methoxy groups -OCH3 is 1. The largest absolute Gasteiger partial charge is 0.456 e. The number of rotatable bonds is 7. The zero-order valence-corrected chi connectivity index (χ0v) is 10.9. The molecule has 0 aliphatic rings. The second-order valence-electron chi connectivity index (χ2n) is 3.56. The van der Waals surface area contributed by atoms with Crippen molar-refractivity contribution in [3.8, 4) is 0 Å². The average molecular weight is 258 g/mol. The normalized spacial score (nSPS) is 10.5. The fourth-order valence-electron chi connectivity index (χ4n) is 1.33. The van der Waals surface area contributed by atoms with Gasteiger partial charge in [-0.15, -0.1) is 0 Å². The lowest BCUT2D eigenvalue weighted by Gasteiger charge is -1.99. The Balaban J connectivity index is 2.43. The van der Waals surface area contributed by atoms with Crippen LogP contribution in [0.4, 0.5) is 0 Å². The molecule has 0 spiro atoms. The molecule has 0 aromatic carbocycles. The average Bonchev–Trinajstić information content (AvgIpc) is 2.70. The fraction of sp³-hybridized carbons (Fsp3) is 0.545. The molecule has 3 N–H and O–H groups in total. The summed E-state index contributed by atoms with van der Waals surface area (Å²) in [4.78, 5) is 11.2. The molecule has 96 valence electrons. The number of carbonyl (C=O) groups excluding carboxylic acids is 1. The number of amides is 1. The molecule has 0 saturated heterocycles. The first-order chi connectivity index (χ1) is 8.19. The molecule has 1 aromatic heterocycles. The minimum absolute atomic E-state index is 0.262. The summed E-state index contributed by atoms with van der Waals surface area (Å²) < 4.78 is 10.3. The molecule has 17 heavy (non-hydrogen) atoms. The van der Waals surface area contributed by atoms with Crippen LogP contribution in [-0.4, -0.2) is 25.4 Å². The van der Waals surface area contributed by atoms with Gasteiger partial charge in [-0.2, -0.15) is 11.8 Å². The zero-order chi connectivity index (χ0) is 12.7. The molecule has 0 radical (unpaired) electrons. The Morgan fingerprint density at radius 2 is 2.41 bits per heavy atom. The monoisotopic (exact) mass is 258 g/mol. The van der Waals surface area contributed by atoms with Gasteiger partial charge in [-0.05, 0) is 25.2 Å². The Hall–Kier alpha value is -0.980. The van der Waals surface area contributed by atoms with Crippen molar-refractivity contribution in [2.75, 3.05) is 19.5 Å². The molecule has 0 fully saturated rings.